The molecule has 7 nitrogen and oxygen atoms in total. The normalized spacial score (nSPS) is 15.4. The Morgan fingerprint density at radius 3 is 2.45 bits per heavy atom. The molecule has 0 atom stereocenters. The summed E-state index contributed by atoms with van der Waals surface area (Å²) in [6, 6.07) is 17.1. The van der Waals surface area contributed by atoms with Crippen LogP contribution in [0.25, 0.3) is 10.6 Å². The number of hydrogen-bond donors (Lipinski definition) is 1. The Hall–Kier alpha value is -2.33. The molecule has 0 spiro atoms. The molecule has 0 bridgehead atoms. The maximum absolute atomic E-state index is 12.7. The van der Waals surface area contributed by atoms with E-state index in [9.17, 15) is 13.2 Å². The number of sulfonamides is 1. The quantitative estimate of drug-likeness (QED) is 0.488. The molecule has 1 fully saturated rings. The summed E-state index contributed by atoms with van der Waals surface area (Å²) in [6.45, 7) is 0.718. The number of halogens is 1. The molecule has 0 saturated carbocycles. The Morgan fingerprint density at radius 1 is 1.06 bits per heavy atom. The maximum Gasteiger partial charge on any atom is 0.229 e. The first kappa shape index (κ1) is 23.8. The van der Waals surface area contributed by atoms with Crippen molar-refractivity contribution in [3.05, 3.63) is 65.2 Å². The van der Waals surface area contributed by atoms with Gasteiger partial charge in [-0.1, -0.05) is 65.4 Å². The number of hydrogen-bond acceptors (Lipinski definition) is 6. The van der Waals surface area contributed by atoms with Gasteiger partial charge in [-0.15, -0.1) is 10.2 Å². The number of amides is 1. The highest BCUT2D eigenvalue weighted by Crippen LogP contribution is 2.28. The van der Waals surface area contributed by atoms with Crippen molar-refractivity contribution in [3.8, 4) is 10.6 Å². The van der Waals surface area contributed by atoms with Crippen molar-refractivity contribution in [1.82, 2.24) is 14.5 Å². The Labute approximate surface area is 202 Å². The molecule has 1 amide bonds. The molecule has 1 aliphatic heterocycles. The van der Waals surface area contributed by atoms with Crippen molar-refractivity contribution in [2.45, 2.75) is 25.7 Å². The molecule has 1 aromatic heterocycles. The number of carbonyl (C=O) groups is 1. The van der Waals surface area contributed by atoms with E-state index in [0.717, 1.165) is 17.5 Å². The lowest BCUT2D eigenvalue weighted by Crippen LogP contribution is -2.42. The number of nitrogens with one attached hydrogen (secondary N) is 1. The zero-order valence-corrected chi connectivity index (χ0v) is 20.4. The van der Waals surface area contributed by atoms with Gasteiger partial charge < -0.3 is 5.32 Å². The summed E-state index contributed by atoms with van der Waals surface area (Å²) >= 11 is 7.21. The van der Waals surface area contributed by atoms with Crippen molar-refractivity contribution < 1.29 is 13.2 Å². The van der Waals surface area contributed by atoms with E-state index < -0.39 is 10.0 Å². The van der Waals surface area contributed by atoms with Crippen LogP contribution in [-0.4, -0.2) is 47.7 Å². The van der Waals surface area contributed by atoms with E-state index in [1.807, 2.05) is 42.5 Å². The van der Waals surface area contributed by atoms with Crippen LogP contribution in [-0.2, 0) is 21.2 Å². The highest BCUT2D eigenvalue weighted by molar-refractivity contribution is 7.89. The van der Waals surface area contributed by atoms with Gasteiger partial charge >= 0.3 is 0 Å². The average Bonchev–Trinajstić information content (AvgIpc) is 3.28. The van der Waals surface area contributed by atoms with Crippen molar-refractivity contribution >= 4 is 44.0 Å². The van der Waals surface area contributed by atoms with Crippen LogP contribution in [0.2, 0.25) is 5.02 Å². The molecule has 33 heavy (non-hydrogen) atoms. The minimum Gasteiger partial charge on any atom is -0.300 e. The second kappa shape index (κ2) is 10.7. The molecule has 1 N–H and O–H groups in total. The number of piperidine rings is 1. The van der Waals surface area contributed by atoms with Crippen molar-refractivity contribution in [3.63, 3.8) is 0 Å². The van der Waals surface area contributed by atoms with E-state index >= 15 is 0 Å². The molecule has 174 valence electrons. The Bertz CT molecular complexity index is 1180. The van der Waals surface area contributed by atoms with Gasteiger partial charge in [-0.2, -0.15) is 0 Å². The summed E-state index contributed by atoms with van der Waals surface area (Å²) in [6.07, 6.45) is 2.30. The number of nitrogens with zero attached hydrogens (tertiary/aromatic N) is 3. The summed E-state index contributed by atoms with van der Waals surface area (Å²) < 4.78 is 26.9. The van der Waals surface area contributed by atoms with Gasteiger partial charge in [0.1, 0.15) is 5.01 Å². The highest BCUT2D eigenvalue weighted by atomic mass is 35.5. The fraction of sp³-hybridized carbons (Fsp3) is 0.348. The number of anilines is 1. The third kappa shape index (κ3) is 6.38. The topological polar surface area (TPSA) is 92.3 Å². The molecule has 0 aliphatic carbocycles. The fourth-order valence-electron chi connectivity index (χ4n) is 3.82. The first-order valence-corrected chi connectivity index (χ1v) is 13.6. The summed E-state index contributed by atoms with van der Waals surface area (Å²) in [7, 11) is -3.32. The lowest BCUT2D eigenvalue weighted by atomic mass is 9.97. The van der Waals surface area contributed by atoms with E-state index in [0.29, 0.717) is 47.5 Å². The van der Waals surface area contributed by atoms with E-state index in [1.165, 1.54) is 15.6 Å². The lowest BCUT2D eigenvalue weighted by molar-refractivity contribution is -0.120. The summed E-state index contributed by atoms with van der Waals surface area (Å²) in [5, 5.41) is 12.8. The van der Waals surface area contributed by atoms with Crippen molar-refractivity contribution in [1.29, 1.82) is 0 Å². The zero-order chi connectivity index (χ0) is 23.3. The predicted octanol–water partition coefficient (Wildman–Crippen LogP) is 4.47. The number of rotatable bonds is 8. The van der Waals surface area contributed by atoms with Crippen LogP contribution in [0.5, 0.6) is 0 Å². The molecule has 1 aliphatic rings. The summed E-state index contributed by atoms with van der Waals surface area (Å²) in [5.74, 6) is -0.268. The number of benzene rings is 2. The van der Waals surface area contributed by atoms with Gasteiger partial charge in [0.25, 0.3) is 0 Å². The third-order valence-corrected chi connectivity index (χ3v) is 8.77. The van der Waals surface area contributed by atoms with Crippen LogP contribution in [0, 0.1) is 5.92 Å². The number of aryl methyl sites for hydroxylation is 1. The Balaban J connectivity index is 1.25. The monoisotopic (exact) mass is 504 g/mol. The lowest BCUT2D eigenvalue weighted by Gasteiger charge is -2.30. The third-order valence-electron chi connectivity index (χ3n) is 5.67. The first-order chi connectivity index (χ1) is 15.9. The van der Waals surface area contributed by atoms with Gasteiger partial charge in [-0.25, -0.2) is 12.7 Å². The number of carbonyl (C=O) groups excluding carboxylic acids is 1. The van der Waals surface area contributed by atoms with Crippen LogP contribution in [0.4, 0.5) is 5.13 Å². The second-order valence-electron chi connectivity index (χ2n) is 7.99. The molecular weight excluding hydrogens is 480 g/mol. The van der Waals surface area contributed by atoms with E-state index in [4.69, 9.17) is 11.6 Å². The van der Waals surface area contributed by atoms with E-state index in [2.05, 4.69) is 15.5 Å². The average molecular weight is 505 g/mol. The zero-order valence-electron chi connectivity index (χ0n) is 18.0. The first-order valence-electron chi connectivity index (χ1n) is 10.8. The van der Waals surface area contributed by atoms with Gasteiger partial charge in [-0.3, -0.25) is 4.79 Å². The second-order valence-corrected chi connectivity index (χ2v) is 11.5. The van der Waals surface area contributed by atoms with E-state index in [-0.39, 0.29) is 17.6 Å². The largest absolute Gasteiger partial charge is 0.300 e. The van der Waals surface area contributed by atoms with Crippen LogP contribution in [0.3, 0.4) is 0 Å². The van der Waals surface area contributed by atoms with Gasteiger partial charge in [0.2, 0.25) is 21.1 Å². The van der Waals surface area contributed by atoms with Crippen LogP contribution in [0.15, 0.2) is 54.6 Å². The minimum atomic E-state index is -3.32. The number of aromatic nitrogens is 2. The molecule has 0 radical (unpaired) electrons. The molecule has 2 heterocycles. The fourth-order valence-corrected chi connectivity index (χ4v) is 6.23. The standard InChI is InChI=1S/C23H25ClN4O3S2/c24-20-10-8-19(9-11-20)22-26-27-23(32-22)25-21(29)18-12-14-28(15-13-18)33(30,31)16-4-7-17-5-2-1-3-6-17/h1-3,5-6,8-11,18H,4,7,12-16H2,(H,25,27,29). The molecule has 10 heteroatoms. The van der Waals surface area contributed by atoms with Crippen molar-refractivity contribution in [2.75, 3.05) is 24.2 Å². The predicted molar refractivity (Wildman–Crippen MR) is 132 cm³/mol. The smallest absolute Gasteiger partial charge is 0.229 e. The van der Waals surface area contributed by atoms with Crippen molar-refractivity contribution in [2.24, 2.45) is 5.92 Å². The van der Waals surface area contributed by atoms with Crippen LogP contribution >= 0.6 is 22.9 Å². The Kier molecular flexibility index (Phi) is 7.75. The summed E-state index contributed by atoms with van der Waals surface area (Å²) in [5.41, 5.74) is 2.02. The highest BCUT2D eigenvalue weighted by Gasteiger charge is 2.31. The van der Waals surface area contributed by atoms with Gasteiger partial charge in [0.15, 0.2) is 0 Å². The van der Waals surface area contributed by atoms with Gasteiger partial charge in [-0.05, 0) is 43.4 Å². The van der Waals surface area contributed by atoms with Gasteiger partial charge in [0.05, 0.1) is 5.75 Å². The molecule has 3 aromatic rings. The molecule has 1 saturated heterocycles. The molecule has 4 rings (SSSR count). The molecule has 0 unspecified atom stereocenters. The Morgan fingerprint density at radius 2 is 1.76 bits per heavy atom. The summed E-state index contributed by atoms with van der Waals surface area (Å²) in [4.78, 5) is 12.7. The van der Waals surface area contributed by atoms with Gasteiger partial charge in [0, 0.05) is 29.6 Å². The van der Waals surface area contributed by atoms with E-state index in [1.54, 1.807) is 12.1 Å². The molecule has 2 aromatic carbocycles. The molecular formula is C23H25ClN4O3S2. The van der Waals surface area contributed by atoms with Crippen LogP contribution < -0.4 is 5.32 Å². The van der Waals surface area contributed by atoms with Crippen LogP contribution in [0.1, 0.15) is 24.8 Å². The maximum atomic E-state index is 12.7. The SMILES string of the molecule is O=C(Nc1nnc(-c2ccc(Cl)cc2)s1)C1CCN(S(=O)(=O)CCCc2ccccc2)CC1. The minimum absolute atomic E-state index is 0.122.